The van der Waals surface area contributed by atoms with Crippen molar-refractivity contribution in [3.8, 4) is 0 Å². The Bertz CT molecular complexity index is 910. The number of aryl methyl sites for hydroxylation is 1. The number of amides is 1. The molecular formula is C20H19ClN2O4. The first-order valence-electron chi connectivity index (χ1n) is 8.49. The SMILES string of the molecule is CCOC(=O)C1=NN(C(=O)c2cccc(C)c2)[C@@](O)(c2ccc(Cl)cc2)C1. The topological polar surface area (TPSA) is 79.2 Å². The normalized spacial score (nSPS) is 19.0. The van der Waals surface area contributed by atoms with Crippen LogP contribution in [0.1, 0.15) is 34.8 Å². The Morgan fingerprint density at radius 3 is 2.59 bits per heavy atom. The molecule has 0 fully saturated rings. The van der Waals surface area contributed by atoms with Crippen LogP contribution in [0.4, 0.5) is 0 Å². The van der Waals surface area contributed by atoms with Gasteiger partial charge in [-0.2, -0.15) is 10.1 Å². The molecule has 0 spiro atoms. The summed E-state index contributed by atoms with van der Waals surface area (Å²) >= 11 is 5.93. The molecule has 0 saturated heterocycles. The first-order valence-corrected chi connectivity index (χ1v) is 8.87. The van der Waals surface area contributed by atoms with Crippen LogP contribution in [0, 0.1) is 6.92 Å². The molecule has 1 amide bonds. The summed E-state index contributed by atoms with van der Waals surface area (Å²) in [5, 5.41) is 16.9. The van der Waals surface area contributed by atoms with Crippen molar-refractivity contribution < 1.29 is 19.4 Å². The van der Waals surface area contributed by atoms with Crippen molar-refractivity contribution in [2.24, 2.45) is 5.10 Å². The van der Waals surface area contributed by atoms with E-state index in [9.17, 15) is 14.7 Å². The van der Waals surface area contributed by atoms with E-state index in [0.29, 0.717) is 16.1 Å². The second-order valence-corrected chi connectivity index (χ2v) is 6.69. The Morgan fingerprint density at radius 2 is 1.96 bits per heavy atom. The highest BCUT2D eigenvalue weighted by Crippen LogP contribution is 2.37. The molecule has 1 aliphatic heterocycles. The minimum absolute atomic E-state index is 0.0182. The second-order valence-electron chi connectivity index (χ2n) is 6.25. The van der Waals surface area contributed by atoms with Crippen LogP contribution in [0.15, 0.2) is 53.6 Å². The minimum Gasteiger partial charge on any atom is -0.461 e. The number of carbonyl (C=O) groups is 2. The summed E-state index contributed by atoms with van der Waals surface area (Å²) < 4.78 is 4.99. The van der Waals surface area contributed by atoms with Gasteiger partial charge in [0, 0.05) is 16.1 Å². The number of hydrazone groups is 1. The van der Waals surface area contributed by atoms with Crippen molar-refractivity contribution in [3.63, 3.8) is 0 Å². The molecule has 0 saturated carbocycles. The molecule has 6 nitrogen and oxygen atoms in total. The lowest BCUT2D eigenvalue weighted by Crippen LogP contribution is -2.43. The van der Waals surface area contributed by atoms with Crippen molar-refractivity contribution in [1.82, 2.24) is 5.01 Å². The Labute approximate surface area is 162 Å². The number of halogens is 1. The summed E-state index contributed by atoms with van der Waals surface area (Å²) in [4.78, 5) is 25.2. The molecule has 0 radical (unpaired) electrons. The smallest absolute Gasteiger partial charge is 0.354 e. The Balaban J connectivity index is 2.04. The zero-order chi connectivity index (χ0) is 19.6. The first-order chi connectivity index (χ1) is 12.8. The van der Waals surface area contributed by atoms with Gasteiger partial charge in [0.2, 0.25) is 0 Å². The van der Waals surface area contributed by atoms with Crippen molar-refractivity contribution >= 4 is 29.2 Å². The summed E-state index contributed by atoms with van der Waals surface area (Å²) in [6, 6.07) is 13.3. The zero-order valence-corrected chi connectivity index (χ0v) is 15.7. The third-order valence-corrected chi connectivity index (χ3v) is 4.51. The summed E-state index contributed by atoms with van der Waals surface area (Å²) in [7, 11) is 0. The van der Waals surface area contributed by atoms with E-state index in [-0.39, 0.29) is 18.7 Å². The molecule has 140 valence electrons. The Kier molecular flexibility index (Phi) is 5.30. The highest BCUT2D eigenvalue weighted by molar-refractivity contribution is 6.37. The van der Waals surface area contributed by atoms with Gasteiger partial charge in [-0.05, 0) is 38.1 Å². The summed E-state index contributed by atoms with van der Waals surface area (Å²) in [6.07, 6.45) is -0.176. The molecule has 1 N–H and O–H groups in total. The van der Waals surface area contributed by atoms with E-state index < -0.39 is 17.6 Å². The average Bonchev–Trinajstić information content (AvgIpc) is 3.00. The quantitative estimate of drug-likeness (QED) is 0.818. The second kappa shape index (κ2) is 7.50. The van der Waals surface area contributed by atoms with E-state index in [4.69, 9.17) is 16.3 Å². The van der Waals surface area contributed by atoms with Gasteiger partial charge in [-0.1, -0.05) is 41.4 Å². The van der Waals surface area contributed by atoms with Crippen LogP contribution in [-0.4, -0.2) is 34.3 Å². The molecule has 0 aliphatic carbocycles. The predicted octanol–water partition coefficient (Wildman–Crippen LogP) is 3.26. The number of esters is 1. The van der Waals surface area contributed by atoms with E-state index in [1.165, 1.54) is 0 Å². The lowest BCUT2D eigenvalue weighted by Gasteiger charge is -2.31. The lowest BCUT2D eigenvalue weighted by molar-refractivity contribution is -0.135. The number of hydrogen-bond donors (Lipinski definition) is 1. The predicted molar refractivity (Wildman–Crippen MR) is 101 cm³/mol. The molecule has 1 atom stereocenters. The number of carbonyl (C=O) groups excluding carboxylic acids is 2. The van der Waals surface area contributed by atoms with Crippen LogP contribution in [0.2, 0.25) is 5.02 Å². The van der Waals surface area contributed by atoms with Gasteiger partial charge in [0.15, 0.2) is 11.4 Å². The molecular weight excluding hydrogens is 368 g/mol. The largest absolute Gasteiger partial charge is 0.461 e. The zero-order valence-electron chi connectivity index (χ0n) is 15.0. The molecule has 0 bridgehead atoms. The highest BCUT2D eigenvalue weighted by Gasteiger charge is 2.48. The van der Waals surface area contributed by atoms with Crippen LogP contribution in [0.3, 0.4) is 0 Å². The van der Waals surface area contributed by atoms with Crippen molar-refractivity contribution in [3.05, 3.63) is 70.2 Å². The maximum Gasteiger partial charge on any atom is 0.354 e. The van der Waals surface area contributed by atoms with Crippen LogP contribution >= 0.6 is 11.6 Å². The van der Waals surface area contributed by atoms with Gasteiger partial charge in [-0.25, -0.2) is 4.79 Å². The van der Waals surface area contributed by atoms with Crippen molar-refractivity contribution in [2.45, 2.75) is 26.0 Å². The minimum atomic E-state index is -1.81. The van der Waals surface area contributed by atoms with Gasteiger partial charge in [0.1, 0.15) is 0 Å². The lowest BCUT2D eigenvalue weighted by atomic mass is 9.96. The van der Waals surface area contributed by atoms with Crippen LogP contribution in [0.5, 0.6) is 0 Å². The molecule has 3 rings (SSSR count). The summed E-state index contributed by atoms with van der Waals surface area (Å²) in [5.74, 6) is -1.18. The molecule has 2 aromatic rings. The van der Waals surface area contributed by atoms with E-state index in [0.717, 1.165) is 10.6 Å². The number of nitrogens with zero attached hydrogens (tertiary/aromatic N) is 2. The molecule has 1 aliphatic rings. The summed E-state index contributed by atoms with van der Waals surface area (Å²) in [5.41, 5.74) is -0.180. The maximum atomic E-state index is 13.1. The molecule has 7 heteroatoms. The Hall–Kier alpha value is -2.70. The van der Waals surface area contributed by atoms with Crippen LogP contribution < -0.4 is 0 Å². The van der Waals surface area contributed by atoms with E-state index in [2.05, 4.69) is 5.10 Å². The monoisotopic (exact) mass is 386 g/mol. The fourth-order valence-electron chi connectivity index (χ4n) is 2.93. The average molecular weight is 387 g/mol. The van der Waals surface area contributed by atoms with Crippen molar-refractivity contribution in [2.75, 3.05) is 6.61 Å². The number of rotatable bonds is 4. The fourth-order valence-corrected chi connectivity index (χ4v) is 3.06. The van der Waals surface area contributed by atoms with E-state index >= 15 is 0 Å². The fraction of sp³-hybridized carbons (Fsp3) is 0.250. The van der Waals surface area contributed by atoms with Gasteiger partial charge in [0.25, 0.3) is 5.91 Å². The van der Waals surface area contributed by atoms with Crippen LogP contribution in [-0.2, 0) is 15.3 Å². The van der Waals surface area contributed by atoms with Gasteiger partial charge < -0.3 is 9.84 Å². The van der Waals surface area contributed by atoms with Gasteiger partial charge in [-0.15, -0.1) is 0 Å². The van der Waals surface area contributed by atoms with E-state index in [1.54, 1.807) is 49.4 Å². The number of aliphatic hydroxyl groups is 1. The maximum absolute atomic E-state index is 13.1. The number of hydrogen-bond acceptors (Lipinski definition) is 5. The number of benzene rings is 2. The van der Waals surface area contributed by atoms with Gasteiger partial charge in [-0.3, -0.25) is 4.79 Å². The van der Waals surface area contributed by atoms with E-state index in [1.807, 2.05) is 13.0 Å². The molecule has 0 unspecified atom stereocenters. The third kappa shape index (κ3) is 3.72. The highest BCUT2D eigenvalue weighted by atomic mass is 35.5. The summed E-state index contributed by atoms with van der Waals surface area (Å²) in [6.45, 7) is 3.71. The molecule has 0 aromatic heterocycles. The van der Waals surface area contributed by atoms with Crippen molar-refractivity contribution in [1.29, 1.82) is 0 Å². The number of ether oxygens (including phenoxy) is 1. The molecule has 1 heterocycles. The Morgan fingerprint density at radius 1 is 1.26 bits per heavy atom. The third-order valence-electron chi connectivity index (χ3n) is 4.26. The van der Waals surface area contributed by atoms with Crippen LogP contribution in [0.25, 0.3) is 0 Å². The van der Waals surface area contributed by atoms with Gasteiger partial charge >= 0.3 is 5.97 Å². The standard InChI is InChI=1S/C20H19ClN2O4/c1-3-27-19(25)17-12-20(26,15-7-9-16(21)10-8-15)23(22-17)18(24)14-6-4-5-13(2)11-14/h4-11,26H,3,12H2,1-2H3/t20-/m0/s1. The molecule has 2 aromatic carbocycles. The first kappa shape index (κ1) is 19.1. The molecule has 27 heavy (non-hydrogen) atoms. The van der Waals surface area contributed by atoms with Gasteiger partial charge in [0.05, 0.1) is 13.0 Å².